The van der Waals surface area contributed by atoms with Crippen molar-refractivity contribution in [1.29, 1.82) is 0 Å². The van der Waals surface area contributed by atoms with Gasteiger partial charge in [-0.15, -0.1) is 0 Å². The van der Waals surface area contributed by atoms with Crippen molar-refractivity contribution in [3.63, 3.8) is 0 Å². The van der Waals surface area contributed by atoms with Gasteiger partial charge in [-0.05, 0) is 19.4 Å². The summed E-state index contributed by atoms with van der Waals surface area (Å²) in [5, 5.41) is 12.0. The Balaban J connectivity index is 2.19. The maximum atomic E-state index is 10.7. The van der Waals surface area contributed by atoms with Crippen LogP contribution in [0.1, 0.15) is 23.7 Å². The molecule has 1 fully saturated rings. The zero-order valence-electron chi connectivity index (χ0n) is 9.56. The van der Waals surface area contributed by atoms with E-state index in [1.165, 1.54) is 12.3 Å². The number of nitrogens with zero attached hydrogens (tertiary/aromatic N) is 1. The van der Waals surface area contributed by atoms with Gasteiger partial charge in [-0.25, -0.2) is 9.78 Å². The summed E-state index contributed by atoms with van der Waals surface area (Å²) in [6.07, 6.45) is 2.16. The van der Waals surface area contributed by atoms with Gasteiger partial charge in [-0.3, -0.25) is 0 Å². The molecule has 4 N–H and O–H groups in total. The monoisotopic (exact) mass is 237 g/mol. The standard InChI is InChI=1S/C11H15N3O3/c1-11(2-3-17-6-11)14-9-8(12)4-7(5-13-9)10(15)16/h4-5H,2-3,6,12H2,1H3,(H,13,14)(H,15,16). The Bertz CT molecular complexity index is 442. The molecule has 1 atom stereocenters. The number of nitrogens with one attached hydrogen (secondary N) is 1. The maximum absolute atomic E-state index is 10.7. The number of aromatic carboxylic acids is 1. The topological polar surface area (TPSA) is 97.5 Å². The summed E-state index contributed by atoms with van der Waals surface area (Å²) in [7, 11) is 0. The van der Waals surface area contributed by atoms with Crippen molar-refractivity contribution in [1.82, 2.24) is 4.98 Å². The van der Waals surface area contributed by atoms with Crippen LogP contribution in [0.25, 0.3) is 0 Å². The van der Waals surface area contributed by atoms with Crippen molar-refractivity contribution in [2.24, 2.45) is 0 Å². The second kappa shape index (κ2) is 4.21. The second-order valence-corrected chi connectivity index (χ2v) is 4.46. The molecule has 92 valence electrons. The normalized spacial score (nSPS) is 23.6. The van der Waals surface area contributed by atoms with Crippen molar-refractivity contribution < 1.29 is 14.6 Å². The fourth-order valence-electron chi connectivity index (χ4n) is 1.75. The first kappa shape index (κ1) is 11.7. The molecule has 6 heteroatoms. The van der Waals surface area contributed by atoms with Crippen LogP contribution in [0.2, 0.25) is 0 Å². The minimum absolute atomic E-state index is 0.0841. The lowest BCUT2D eigenvalue weighted by atomic mass is 10.0. The van der Waals surface area contributed by atoms with Crippen LogP contribution in [0.5, 0.6) is 0 Å². The molecule has 1 saturated heterocycles. The molecule has 17 heavy (non-hydrogen) atoms. The van der Waals surface area contributed by atoms with E-state index in [1.807, 2.05) is 6.92 Å². The van der Waals surface area contributed by atoms with Crippen LogP contribution in [0.4, 0.5) is 11.5 Å². The maximum Gasteiger partial charge on any atom is 0.337 e. The molecule has 0 spiro atoms. The molecule has 1 unspecified atom stereocenters. The number of pyridine rings is 1. The molecule has 0 saturated carbocycles. The van der Waals surface area contributed by atoms with Gasteiger partial charge in [0.25, 0.3) is 0 Å². The van der Waals surface area contributed by atoms with Gasteiger partial charge in [0.05, 0.1) is 23.4 Å². The fraction of sp³-hybridized carbons (Fsp3) is 0.455. The predicted octanol–water partition coefficient (Wildman–Crippen LogP) is 0.953. The summed E-state index contributed by atoms with van der Waals surface area (Å²) in [4.78, 5) is 14.8. The molecule has 6 nitrogen and oxygen atoms in total. The van der Waals surface area contributed by atoms with Gasteiger partial charge in [-0.2, -0.15) is 0 Å². The Morgan fingerprint density at radius 3 is 3.00 bits per heavy atom. The highest BCUT2D eigenvalue weighted by Gasteiger charge is 2.30. The number of aromatic nitrogens is 1. The number of carbonyl (C=O) groups is 1. The SMILES string of the molecule is CC1(Nc2ncc(C(=O)O)cc2N)CCOC1. The summed E-state index contributed by atoms with van der Waals surface area (Å²) in [5.74, 6) is -0.533. The summed E-state index contributed by atoms with van der Waals surface area (Å²) >= 11 is 0. The lowest BCUT2D eigenvalue weighted by Gasteiger charge is -2.25. The van der Waals surface area contributed by atoms with E-state index in [-0.39, 0.29) is 11.1 Å². The van der Waals surface area contributed by atoms with E-state index in [0.29, 0.717) is 24.7 Å². The van der Waals surface area contributed by atoms with Crippen LogP contribution in [-0.4, -0.2) is 34.8 Å². The number of ether oxygens (including phenoxy) is 1. The third-order valence-corrected chi connectivity index (χ3v) is 2.80. The number of anilines is 2. The molecular formula is C11H15N3O3. The van der Waals surface area contributed by atoms with Gasteiger partial charge in [0.15, 0.2) is 0 Å². The van der Waals surface area contributed by atoms with Crippen LogP contribution >= 0.6 is 0 Å². The van der Waals surface area contributed by atoms with Crippen molar-refractivity contribution >= 4 is 17.5 Å². The highest BCUT2D eigenvalue weighted by molar-refractivity contribution is 5.89. The minimum atomic E-state index is -1.04. The third-order valence-electron chi connectivity index (χ3n) is 2.80. The van der Waals surface area contributed by atoms with Gasteiger partial charge in [0.2, 0.25) is 0 Å². The Morgan fingerprint density at radius 2 is 2.47 bits per heavy atom. The number of carboxylic acid groups (broad SMARTS) is 1. The third kappa shape index (κ3) is 2.47. The van der Waals surface area contributed by atoms with Gasteiger partial charge < -0.3 is 20.9 Å². The average molecular weight is 237 g/mol. The van der Waals surface area contributed by atoms with E-state index < -0.39 is 5.97 Å². The van der Waals surface area contributed by atoms with Gasteiger partial charge in [-0.1, -0.05) is 0 Å². The molecule has 0 aromatic carbocycles. The van der Waals surface area contributed by atoms with Crippen molar-refractivity contribution in [3.05, 3.63) is 17.8 Å². The number of rotatable bonds is 3. The van der Waals surface area contributed by atoms with Crippen molar-refractivity contribution in [2.45, 2.75) is 18.9 Å². The lowest BCUT2D eigenvalue weighted by Crippen LogP contribution is -2.35. The largest absolute Gasteiger partial charge is 0.478 e. The molecular weight excluding hydrogens is 222 g/mol. The van der Waals surface area contributed by atoms with Crippen molar-refractivity contribution in [2.75, 3.05) is 24.3 Å². The molecule has 1 aliphatic heterocycles. The summed E-state index contributed by atoms with van der Waals surface area (Å²) < 4.78 is 5.31. The van der Waals surface area contributed by atoms with Crippen LogP contribution in [-0.2, 0) is 4.74 Å². The molecule has 0 bridgehead atoms. The number of hydrogen-bond acceptors (Lipinski definition) is 5. The number of nitrogen functional groups attached to an aromatic ring is 1. The molecule has 1 aromatic rings. The molecule has 1 aromatic heterocycles. The van der Waals surface area contributed by atoms with E-state index in [0.717, 1.165) is 6.42 Å². The van der Waals surface area contributed by atoms with Crippen LogP contribution in [0, 0.1) is 0 Å². The predicted molar refractivity (Wildman–Crippen MR) is 63.1 cm³/mol. The summed E-state index contributed by atoms with van der Waals surface area (Å²) in [5.41, 5.74) is 5.99. The Kier molecular flexibility index (Phi) is 2.89. The minimum Gasteiger partial charge on any atom is -0.478 e. The van der Waals surface area contributed by atoms with Gasteiger partial charge in [0, 0.05) is 12.8 Å². The highest BCUT2D eigenvalue weighted by Crippen LogP contribution is 2.26. The number of hydrogen-bond donors (Lipinski definition) is 3. The molecule has 0 amide bonds. The Labute approximate surface area is 98.8 Å². The van der Waals surface area contributed by atoms with E-state index in [4.69, 9.17) is 15.6 Å². The Hall–Kier alpha value is -1.82. The van der Waals surface area contributed by atoms with Crippen LogP contribution in [0.3, 0.4) is 0 Å². The van der Waals surface area contributed by atoms with Crippen molar-refractivity contribution in [3.8, 4) is 0 Å². The summed E-state index contributed by atoms with van der Waals surface area (Å²) in [6, 6.07) is 1.40. The molecule has 1 aliphatic rings. The molecule has 2 rings (SSSR count). The fourth-order valence-corrected chi connectivity index (χ4v) is 1.75. The quantitative estimate of drug-likeness (QED) is 0.724. The molecule has 0 aliphatic carbocycles. The first-order valence-corrected chi connectivity index (χ1v) is 5.35. The zero-order valence-corrected chi connectivity index (χ0v) is 9.56. The molecule has 2 heterocycles. The number of carboxylic acids is 1. The summed E-state index contributed by atoms with van der Waals surface area (Å²) in [6.45, 7) is 3.32. The van der Waals surface area contributed by atoms with E-state index in [9.17, 15) is 4.79 Å². The lowest BCUT2D eigenvalue weighted by molar-refractivity contribution is 0.0696. The van der Waals surface area contributed by atoms with Crippen LogP contribution in [0.15, 0.2) is 12.3 Å². The van der Waals surface area contributed by atoms with Gasteiger partial charge >= 0.3 is 5.97 Å². The average Bonchev–Trinajstić information content (AvgIpc) is 2.68. The van der Waals surface area contributed by atoms with E-state index >= 15 is 0 Å². The number of nitrogens with two attached hydrogens (primary N) is 1. The van der Waals surface area contributed by atoms with E-state index in [2.05, 4.69) is 10.3 Å². The molecule has 0 radical (unpaired) electrons. The van der Waals surface area contributed by atoms with Crippen LogP contribution < -0.4 is 11.1 Å². The first-order chi connectivity index (χ1) is 8.00. The van der Waals surface area contributed by atoms with E-state index in [1.54, 1.807) is 0 Å². The first-order valence-electron chi connectivity index (χ1n) is 5.35. The zero-order chi connectivity index (χ0) is 12.5. The smallest absolute Gasteiger partial charge is 0.337 e. The second-order valence-electron chi connectivity index (χ2n) is 4.46. The van der Waals surface area contributed by atoms with Gasteiger partial charge in [0.1, 0.15) is 5.82 Å². The Morgan fingerprint density at radius 1 is 1.71 bits per heavy atom. The highest BCUT2D eigenvalue weighted by atomic mass is 16.5.